The summed E-state index contributed by atoms with van der Waals surface area (Å²) in [6.07, 6.45) is 2.89. The Morgan fingerprint density at radius 2 is 2.06 bits per heavy atom. The third-order valence-corrected chi connectivity index (χ3v) is 3.33. The number of aromatic nitrogens is 2. The lowest BCUT2D eigenvalue weighted by Gasteiger charge is -2.25. The second-order valence-electron chi connectivity index (χ2n) is 6.31. The second-order valence-corrected chi connectivity index (χ2v) is 6.72. The Kier molecular flexibility index (Phi) is 5.23. The van der Waals surface area contributed by atoms with E-state index in [1.807, 2.05) is 6.92 Å². The Morgan fingerprint density at radius 1 is 1.44 bits per heavy atom. The Labute approximate surface area is 115 Å². The fourth-order valence-electron chi connectivity index (χ4n) is 2.58. The number of aliphatic hydroxyl groups is 1. The molecule has 1 N–H and O–H groups in total. The molecule has 0 bridgehead atoms. The van der Waals surface area contributed by atoms with Crippen LogP contribution in [0.3, 0.4) is 0 Å². The zero-order valence-electron chi connectivity index (χ0n) is 12.1. The molecule has 0 aromatic carbocycles. The van der Waals surface area contributed by atoms with Gasteiger partial charge < -0.3 is 5.11 Å². The maximum absolute atomic E-state index is 10.3. The van der Waals surface area contributed by atoms with E-state index in [9.17, 15) is 5.11 Å². The van der Waals surface area contributed by atoms with Crippen molar-refractivity contribution in [3.05, 3.63) is 16.9 Å². The SMILES string of the molecule is CCn1ncc(Cl)c1C(O)CC(C)CC(C)(C)C. The second kappa shape index (κ2) is 6.07. The van der Waals surface area contributed by atoms with Crippen molar-refractivity contribution in [2.75, 3.05) is 0 Å². The number of rotatable bonds is 5. The minimum atomic E-state index is -0.530. The minimum Gasteiger partial charge on any atom is -0.387 e. The van der Waals surface area contributed by atoms with Gasteiger partial charge in [-0.3, -0.25) is 4.68 Å². The zero-order chi connectivity index (χ0) is 13.9. The number of hydrogen-bond donors (Lipinski definition) is 1. The average Bonchev–Trinajstić information content (AvgIpc) is 2.56. The molecule has 18 heavy (non-hydrogen) atoms. The lowest BCUT2D eigenvalue weighted by Crippen LogP contribution is -2.15. The Bertz CT molecular complexity index is 382. The predicted octanol–water partition coefficient (Wildman–Crippen LogP) is 4.05. The van der Waals surface area contributed by atoms with Crippen LogP contribution in [0.15, 0.2) is 6.20 Å². The average molecular weight is 273 g/mol. The number of aliphatic hydroxyl groups excluding tert-OH is 1. The van der Waals surface area contributed by atoms with E-state index in [-0.39, 0.29) is 5.41 Å². The van der Waals surface area contributed by atoms with E-state index in [1.165, 1.54) is 0 Å². The topological polar surface area (TPSA) is 38.0 Å². The highest BCUT2D eigenvalue weighted by atomic mass is 35.5. The normalized spacial score (nSPS) is 15.7. The molecule has 0 spiro atoms. The zero-order valence-corrected chi connectivity index (χ0v) is 12.8. The van der Waals surface area contributed by atoms with Gasteiger partial charge in [0.15, 0.2) is 0 Å². The summed E-state index contributed by atoms with van der Waals surface area (Å²) >= 11 is 6.09. The van der Waals surface area contributed by atoms with Crippen LogP contribution < -0.4 is 0 Å². The quantitative estimate of drug-likeness (QED) is 0.878. The first-order valence-electron chi connectivity index (χ1n) is 6.64. The number of aryl methyl sites for hydroxylation is 1. The van der Waals surface area contributed by atoms with Crippen LogP contribution >= 0.6 is 11.6 Å². The third kappa shape index (κ3) is 4.29. The first-order valence-corrected chi connectivity index (χ1v) is 7.01. The molecule has 1 aromatic heterocycles. The van der Waals surface area contributed by atoms with E-state index in [0.29, 0.717) is 10.9 Å². The molecule has 0 fully saturated rings. The van der Waals surface area contributed by atoms with Crippen LogP contribution in [0.4, 0.5) is 0 Å². The van der Waals surface area contributed by atoms with Crippen molar-refractivity contribution < 1.29 is 5.11 Å². The summed E-state index contributed by atoms with van der Waals surface area (Å²) < 4.78 is 1.77. The van der Waals surface area contributed by atoms with Crippen molar-refractivity contribution in [1.82, 2.24) is 9.78 Å². The van der Waals surface area contributed by atoms with Gasteiger partial charge in [0.1, 0.15) is 0 Å². The first-order chi connectivity index (χ1) is 8.24. The van der Waals surface area contributed by atoms with Gasteiger partial charge in [0.05, 0.1) is 23.0 Å². The molecule has 0 saturated heterocycles. The molecule has 104 valence electrons. The molecule has 0 amide bonds. The summed E-state index contributed by atoms with van der Waals surface area (Å²) in [5.74, 6) is 0.455. The fraction of sp³-hybridized carbons (Fsp3) is 0.786. The van der Waals surface area contributed by atoms with Gasteiger partial charge in [0, 0.05) is 6.54 Å². The van der Waals surface area contributed by atoms with Crippen molar-refractivity contribution in [1.29, 1.82) is 0 Å². The van der Waals surface area contributed by atoms with Crippen LogP contribution in [0.5, 0.6) is 0 Å². The molecule has 1 heterocycles. The summed E-state index contributed by atoms with van der Waals surface area (Å²) in [6.45, 7) is 11.6. The van der Waals surface area contributed by atoms with E-state index in [4.69, 9.17) is 11.6 Å². The summed E-state index contributed by atoms with van der Waals surface area (Å²) in [5.41, 5.74) is 1.04. The van der Waals surface area contributed by atoms with Gasteiger partial charge in [-0.05, 0) is 31.1 Å². The molecule has 3 nitrogen and oxygen atoms in total. The fourth-order valence-corrected chi connectivity index (χ4v) is 2.84. The van der Waals surface area contributed by atoms with Crippen molar-refractivity contribution in [2.24, 2.45) is 11.3 Å². The molecule has 1 aromatic rings. The number of hydrogen-bond acceptors (Lipinski definition) is 2. The van der Waals surface area contributed by atoms with Gasteiger partial charge in [-0.2, -0.15) is 5.10 Å². The van der Waals surface area contributed by atoms with E-state index in [0.717, 1.165) is 25.1 Å². The predicted molar refractivity (Wildman–Crippen MR) is 75.7 cm³/mol. The van der Waals surface area contributed by atoms with Crippen molar-refractivity contribution in [3.8, 4) is 0 Å². The highest BCUT2D eigenvalue weighted by Crippen LogP contribution is 2.32. The van der Waals surface area contributed by atoms with Crippen molar-refractivity contribution in [3.63, 3.8) is 0 Å². The van der Waals surface area contributed by atoms with Crippen LogP contribution in [-0.4, -0.2) is 14.9 Å². The lowest BCUT2D eigenvalue weighted by molar-refractivity contribution is 0.125. The lowest BCUT2D eigenvalue weighted by atomic mass is 9.83. The monoisotopic (exact) mass is 272 g/mol. The summed E-state index contributed by atoms with van der Waals surface area (Å²) in [7, 11) is 0. The summed E-state index contributed by atoms with van der Waals surface area (Å²) in [5, 5.41) is 15.0. The number of halogens is 1. The number of nitrogens with zero attached hydrogens (tertiary/aromatic N) is 2. The molecule has 2 unspecified atom stereocenters. The van der Waals surface area contributed by atoms with Crippen molar-refractivity contribution >= 4 is 11.6 Å². The van der Waals surface area contributed by atoms with Crippen LogP contribution in [0.25, 0.3) is 0 Å². The van der Waals surface area contributed by atoms with Crippen LogP contribution in [0.1, 0.15) is 59.3 Å². The largest absolute Gasteiger partial charge is 0.387 e. The van der Waals surface area contributed by atoms with Crippen LogP contribution in [-0.2, 0) is 6.54 Å². The Hall–Kier alpha value is -0.540. The molecule has 0 aliphatic carbocycles. The van der Waals surface area contributed by atoms with Crippen LogP contribution in [0, 0.1) is 11.3 Å². The minimum absolute atomic E-state index is 0.286. The summed E-state index contributed by atoms with van der Waals surface area (Å²) in [6, 6.07) is 0. The maximum Gasteiger partial charge on any atom is 0.0974 e. The highest BCUT2D eigenvalue weighted by molar-refractivity contribution is 6.31. The summed E-state index contributed by atoms with van der Waals surface area (Å²) in [4.78, 5) is 0. The molecule has 0 saturated carbocycles. The van der Waals surface area contributed by atoms with Gasteiger partial charge in [-0.25, -0.2) is 0 Å². The van der Waals surface area contributed by atoms with Crippen LogP contribution in [0.2, 0.25) is 5.02 Å². The maximum atomic E-state index is 10.3. The Morgan fingerprint density at radius 3 is 2.56 bits per heavy atom. The molecule has 0 aliphatic heterocycles. The Balaban J connectivity index is 2.70. The first kappa shape index (κ1) is 15.5. The van der Waals surface area contributed by atoms with E-state index in [2.05, 4.69) is 32.8 Å². The van der Waals surface area contributed by atoms with E-state index >= 15 is 0 Å². The standard InChI is InChI=1S/C14H25ClN2O/c1-6-17-13(11(15)9-16-17)12(18)7-10(2)8-14(3,4)5/h9-10,12,18H,6-8H2,1-5H3. The van der Waals surface area contributed by atoms with Gasteiger partial charge in [-0.1, -0.05) is 39.3 Å². The van der Waals surface area contributed by atoms with E-state index in [1.54, 1.807) is 10.9 Å². The molecule has 4 heteroatoms. The molecule has 0 radical (unpaired) electrons. The third-order valence-electron chi connectivity index (χ3n) is 3.03. The molecular formula is C14H25ClN2O. The van der Waals surface area contributed by atoms with Gasteiger partial charge in [0.25, 0.3) is 0 Å². The molecule has 1 rings (SSSR count). The van der Waals surface area contributed by atoms with E-state index < -0.39 is 6.10 Å². The smallest absolute Gasteiger partial charge is 0.0974 e. The molecule has 2 atom stereocenters. The van der Waals surface area contributed by atoms with Crippen molar-refractivity contribution in [2.45, 2.75) is 60.1 Å². The van der Waals surface area contributed by atoms with Gasteiger partial charge in [-0.15, -0.1) is 0 Å². The van der Waals surface area contributed by atoms with Gasteiger partial charge >= 0.3 is 0 Å². The van der Waals surface area contributed by atoms with Gasteiger partial charge in [0.2, 0.25) is 0 Å². The molecular weight excluding hydrogens is 248 g/mol. The molecule has 0 aliphatic rings. The highest BCUT2D eigenvalue weighted by Gasteiger charge is 2.22.